The summed E-state index contributed by atoms with van der Waals surface area (Å²) in [5, 5.41) is 10.5. The fourth-order valence-electron chi connectivity index (χ4n) is 1.83. The molecule has 2 aromatic rings. The molecule has 2 N–H and O–H groups in total. The highest BCUT2D eigenvalue weighted by Crippen LogP contribution is 2.28. The van der Waals surface area contributed by atoms with E-state index in [-0.39, 0.29) is 11.2 Å². The average molecular weight is 367 g/mol. The van der Waals surface area contributed by atoms with E-state index in [1.54, 1.807) is 0 Å². The van der Waals surface area contributed by atoms with Crippen molar-refractivity contribution in [3.63, 3.8) is 0 Å². The lowest BCUT2D eigenvalue weighted by molar-refractivity contribution is -0.120. The van der Waals surface area contributed by atoms with Gasteiger partial charge in [-0.05, 0) is 25.8 Å². The molecule has 0 radical (unpaired) electrons. The van der Waals surface area contributed by atoms with Gasteiger partial charge in [0.15, 0.2) is 5.82 Å². The molecule has 7 heteroatoms. The molecule has 1 aliphatic rings. The SMILES string of the molecule is C[C@@H](Sc1n[nH]c(-c2ccccc2Br)n1)C(=O)NC1CC1. The molecule has 3 rings (SSSR count). The molecule has 1 fully saturated rings. The molecule has 1 aromatic carbocycles. The van der Waals surface area contributed by atoms with Gasteiger partial charge in [0.1, 0.15) is 0 Å². The Bertz CT molecular complexity index is 656. The van der Waals surface area contributed by atoms with E-state index in [0.717, 1.165) is 22.9 Å². The van der Waals surface area contributed by atoms with Gasteiger partial charge in [0, 0.05) is 16.1 Å². The van der Waals surface area contributed by atoms with Crippen molar-refractivity contribution in [2.24, 2.45) is 0 Å². The fourth-order valence-corrected chi connectivity index (χ4v) is 3.04. The first kappa shape index (κ1) is 14.6. The second kappa shape index (κ2) is 6.19. The quantitative estimate of drug-likeness (QED) is 0.797. The highest BCUT2D eigenvalue weighted by Gasteiger charge is 2.26. The zero-order chi connectivity index (χ0) is 14.8. The summed E-state index contributed by atoms with van der Waals surface area (Å²) in [4.78, 5) is 16.4. The lowest BCUT2D eigenvalue weighted by atomic mass is 10.2. The van der Waals surface area contributed by atoms with Crippen LogP contribution in [-0.4, -0.2) is 32.4 Å². The maximum atomic E-state index is 11.9. The highest BCUT2D eigenvalue weighted by atomic mass is 79.9. The second-order valence-corrected chi connectivity index (χ2v) is 7.15. The largest absolute Gasteiger partial charge is 0.352 e. The van der Waals surface area contributed by atoms with Crippen LogP contribution in [0.25, 0.3) is 11.4 Å². The summed E-state index contributed by atoms with van der Waals surface area (Å²) < 4.78 is 0.956. The molecular formula is C14H15BrN4OS. The van der Waals surface area contributed by atoms with Crippen LogP contribution >= 0.6 is 27.7 Å². The number of H-pyrrole nitrogens is 1. The number of carbonyl (C=O) groups is 1. The maximum absolute atomic E-state index is 11.9. The zero-order valence-corrected chi connectivity index (χ0v) is 13.9. The van der Waals surface area contributed by atoms with Crippen molar-refractivity contribution < 1.29 is 4.79 Å². The Morgan fingerprint density at radius 1 is 1.48 bits per heavy atom. The molecule has 5 nitrogen and oxygen atoms in total. The lowest BCUT2D eigenvalue weighted by Crippen LogP contribution is -2.32. The van der Waals surface area contributed by atoms with E-state index >= 15 is 0 Å². The van der Waals surface area contributed by atoms with Gasteiger partial charge in [-0.15, -0.1) is 5.10 Å². The van der Waals surface area contributed by atoms with E-state index in [9.17, 15) is 4.79 Å². The number of nitrogens with zero attached hydrogens (tertiary/aromatic N) is 2. The topological polar surface area (TPSA) is 70.7 Å². The first-order chi connectivity index (χ1) is 10.1. The molecule has 21 heavy (non-hydrogen) atoms. The van der Waals surface area contributed by atoms with Gasteiger partial charge in [-0.3, -0.25) is 9.89 Å². The first-order valence-corrected chi connectivity index (χ1v) is 8.45. The van der Waals surface area contributed by atoms with E-state index in [1.807, 2.05) is 31.2 Å². The standard InChI is InChI=1S/C14H15BrN4OS/c1-8(13(20)16-9-6-7-9)21-14-17-12(18-19-14)10-4-2-3-5-11(10)15/h2-5,8-9H,6-7H2,1H3,(H,16,20)(H,17,18,19)/t8-/m1/s1. The van der Waals surface area contributed by atoms with Crippen molar-refractivity contribution in [3.05, 3.63) is 28.7 Å². The average Bonchev–Trinajstić information content (AvgIpc) is 3.16. The van der Waals surface area contributed by atoms with Gasteiger partial charge < -0.3 is 5.32 Å². The molecule has 0 saturated heterocycles. The van der Waals surface area contributed by atoms with Crippen molar-refractivity contribution in [2.45, 2.75) is 36.2 Å². The normalized spacial score (nSPS) is 15.7. The Morgan fingerprint density at radius 3 is 2.95 bits per heavy atom. The summed E-state index contributed by atoms with van der Waals surface area (Å²) in [6.45, 7) is 1.87. The van der Waals surface area contributed by atoms with Gasteiger partial charge in [0.25, 0.3) is 0 Å². The summed E-state index contributed by atoms with van der Waals surface area (Å²) in [5.41, 5.74) is 0.951. The third kappa shape index (κ3) is 3.65. The van der Waals surface area contributed by atoms with Gasteiger partial charge in [0.05, 0.1) is 5.25 Å². The van der Waals surface area contributed by atoms with E-state index in [1.165, 1.54) is 11.8 Å². The van der Waals surface area contributed by atoms with Gasteiger partial charge >= 0.3 is 0 Å². The number of nitrogens with one attached hydrogen (secondary N) is 2. The molecule has 1 saturated carbocycles. The number of hydrogen-bond donors (Lipinski definition) is 2. The predicted molar refractivity (Wildman–Crippen MR) is 86.0 cm³/mol. The molecular weight excluding hydrogens is 352 g/mol. The molecule has 0 spiro atoms. The van der Waals surface area contributed by atoms with Crippen LogP contribution < -0.4 is 5.32 Å². The Balaban J connectivity index is 1.67. The summed E-state index contributed by atoms with van der Waals surface area (Å²) in [6, 6.07) is 8.19. The van der Waals surface area contributed by atoms with E-state index in [2.05, 4.69) is 36.4 Å². The van der Waals surface area contributed by atoms with E-state index in [4.69, 9.17) is 0 Å². The monoisotopic (exact) mass is 366 g/mol. The van der Waals surface area contributed by atoms with Gasteiger partial charge in [-0.1, -0.05) is 45.9 Å². The predicted octanol–water partition coefficient (Wildman–Crippen LogP) is 2.99. The van der Waals surface area contributed by atoms with Crippen LogP contribution in [0.3, 0.4) is 0 Å². The minimum Gasteiger partial charge on any atom is -0.352 e. The third-order valence-electron chi connectivity index (χ3n) is 3.17. The molecule has 0 unspecified atom stereocenters. The van der Waals surface area contributed by atoms with Crippen LogP contribution in [0.5, 0.6) is 0 Å². The minimum atomic E-state index is -0.200. The molecule has 0 aliphatic heterocycles. The number of hydrogen-bond acceptors (Lipinski definition) is 4. The van der Waals surface area contributed by atoms with Crippen LogP contribution in [0.15, 0.2) is 33.9 Å². The van der Waals surface area contributed by atoms with Crippen LogP contribution in [0, 0.1) is 0 Å². The fraction of sp³-hybridized carbons (Fsp3) is 0.357. The zero-order valence-electron chi connectivity index (χ0n) is 11.5. The van der Waals surface area contributed by atoms with E-state index in [0.29, 0.717) is 17.0 Å². The molecule has 0 bridgehead atoms. The summed E-state index contributed by atoms with van der Waals surface area (Å²) in [5.74, 6) is 0.745. The van der Waals surface area contributed by atoms with E-state index < -0.39 is 0 Å². The molecule has 1 atom stereocenters. The number of thioether (sulfide) groups is 1. The number of benzene rings is 1. The summed E-state index contributed by atoms with van der Waals surface area (Å²) in [6.07, 6.45) is 2.19. The van der Waals surface area contributed by atoms with Crippen molar-refractivity contribution in [3.8, 4) is 11.4 Å². The van der Waals surface area contributed by atoms with Crippen LogP contribution in [0.1, 0.15) is 19.8 Å². The van der Waals surface area contributed by atoms with Crippen LogP contribution in [0.2, 0.25) is 0 Å². The number of halogens is 1. The van der Waals surface area contributed by atoms with Gasteiger partial charge in [-0.25, -0.2) is 4.98 Å². The molecule has 110 valence electrons. The van der Waals surface area contributed by atoms with Crippen LogP contribution in [0.4, 0.5) is 0 Å². The Labute approximate surface area is 135 Å². The minimum absolute atomic E-state index is 0.0507. The summed E-state index contributed by atoms with van der Waals surface area (Å²) >= 11 is 4.85. The summed E-state index contributed by atoms with van der Waals surface area (Å²) in [7, 11) is 0. The maximum Gasteiger partial charge on any atom is 0.233 e. The molecule has 1 heterocycles. The van der Waals surface area contributed by atoms with Crippen molar-refractivity contribution in [1.29, 1.82) is 0 Å². The highest BCUT2D eigenvalue weighted by molar-refractivity contribution is 9.10. The third-order valence-corrected chi connectivity index (χ3v) is 4.82. The number of carbonyl (C=O) groups excluding carboxylic acids is 1. The van der Waals surface area contributed by atoms with Gasteiger partial charge in [0.2, 0.25) is 11.1 Å². The van der Waals surface area contributed by atoms with Crippen molar-refractivity contribution >= 4 is 33.6 Å². The number of aromatic amines is 1. The molecule has 1 amide bonds. The number of rotatable bonds is 5. The Hall–Kier alpha value is -1.34. The Kier molecular flexibility index (Phi) is 4.30. The first-order valence-electron chi connectivity index (χ1n) is 6.78. The lowest BCUT2D eigenvalue weighted by Gasteiger charge is -2.08. The van der Waals surface area contributed by atoms with Crippen LogP contribution in [-0.2, 0) is 4.79 Å². The molecule has 1 aromatic heterocycles. The second-order valence-electron chi connectivity index (χ2n) is 4.99. The number of aromatic nitrogens is 3. The number of amides is 1. The van der Waals surface area contributed by atoms with Crippen molar-refractivity contribution in [1.82, 2.24) is 20.5 Å². The van der Waals surface area contributed by atoms with Crippen molar-refractivity contribution in [2.75, 3.05) is 0 Å². The Morgan fingerprint density at radius 2 is 2.24 bits per heavy atom. The molecule has 1 aliphatic carbocycles. The smallest absolute Gasteiger partial charge is 0.233 e. The van der Waals surface area contributed by atoms with Gasteiger partial charge in [-0.2, -0.15) is 0 Å².